The van der Waals surface area contributed by atoms with Gasteiger partial charge in [-0.15, -0.1) is 0 Å². The van der Waals surface area contributed by atoms with Crippen LogP contribution in [-0.4, -0.2) is 6.54 Å². The SMILES string of the molecule is CCCNCc1ccc(-c2ccc(F)cc2Cl)cc1. The molecular weight excluding hydrogens is 261 g/mol. The van der Waals surface area contributed by atoms with Gasteiger partial charge >= 0.3 is 0 Å². The summed E-state index contributed by atoms with van der Waals surface area (Å²) in [5.74, 6) is -0.311. The number of hydrogen-bond acceptors (Lipinski definition) is 1. The van der Waals surface area contributed by atoms with Crippen molar-refractivity contribution in [3.8, 4) is 11.1 Å². The summed E-state index contributed by atoms with van der Waals surface area (Å²) >= 11 is 6.05. The third kappa shape index (κ3) is 3.79. The molecule has 100 valence electrons. The normalized spacial score (nSPS) is 10.7. The van der Waals surface area contributed by atoms with Crippen LogP contribution in [0.25, 0.3) is 11.1 Å². The molecule has 0 aliphatic carbocycles. The molecule has 1 N–H and O–H groups in total. The predicted octanol–water partition coefficient (Wildman–Crippen LogP) is 4.65. The first-order chi connectivity index (χ1) is 9.20. The Kier molecular flexibility index (Phi) is 4.94. The van der Waals surface area contributed by atoms with Crippen molar-refractivity contribution in [3.63, 3.8) is 0 Å². The van der Waals surface area contributed by atoms with Crippen LogP contribution < -0.4 is 5.32 Å². The predicted molar refractivity (Wildman–Crippen MR) is 78.8 cm³/mol. The van der Waals surface area contributed by atoms with E-state index in [9.17, 15) is 4.39 Å². The van der Waals surface area contributed by atoms with E-state index in [0.717, 1.165) is 30.6 Å². The molecule has 0 saturated carbocycles. The smallest absolute Gasteiger partial charge is 0.124 e. The van der Waals surface area contributed by atoms with Gasteiger partial charge in [0.2, 0.25) is 0 Å². The van der Waals surface area contributed by atoms with Crippen molar-refractivity contribution in [2.24, 2.45) is 0 Å². The molecule has 0 spiro atoms. The molecule has 0 aromatic heterocycles. The molecule has 1 nitrogen and oxygen atoms in total. The zero-order valence-electron chi connectivity index (χ0n) is 10.9. The van der Waals surface area contributed by atoms with Crippen LogP contribution in [0.2, 0.25) is 5.02 Å². The molecule has 0 atom stereocenters. The van der Waals surface area contributed by atoms with Crippen LogP contribution in [0.1, 0.15) is 18.9 Å². The monoisotopic (exact) mass is 277 g/mol. The minimum atomic E-state index is -0.311. The molecule has 0 saturated heterocycles. The lowest BCUT2D eigenvalue weighted by Crippen LogP contribution is -2.13. The van der Waals surface area contributed by atoms with Gasteiger partial charge in [-0.3, -0.25) is 0 Å². The lowest BCUT2D eigenvalue weighted by Gasteiger charge is -2.07. The Morgan fingerprint density at radius 1 is 1.11 bits per heavy atom. The quantitative estimate of drug-likeness (QED) is 0.785. The maximum atomic E-state index is 13.0. The van der Waals surface area contributed by atoms with Crippen LogP contribution >= 0.6 is 11.6 Å². The van der Waals surface area contributed by atoms with E-state index in [2.05, 4.69) is 24.4 Å². The van der Waals surface area contributed by atoms with E-state index >= 15 is 0 Å². The van der Waals surface area contributed by atoms with E-state index in [1.54, 1.807) is 6.07 Å². The molecule has 0 aliphatic rings. The van der Waals surface area contributed by atoms with Gasteiger partial charge in [0.15, 0.2) is 0 Å². The molecule has 3 heteroatoms. The number of hydrogen-bond donors (Lipinski definition) is 1. The molecule has 0 radical (unpaired) electrons. The van der Waals surface area contributed by atoms with Gasteiger partial charge in [-0.05, 0) is 42.3 Å². The second-order valence-electron chi connectivity index (χ2n) is 4.50. The van der Waals surface area contributed by atoms with Crippen molar-refractivity contribution in [2.75, 3.05) is 6.54 Å². The molecule has 0 heterocycles. The van der Waals surface area contributed by atoms with Crippen molar-refractivity contribution in [1.82, 2.24) is 5.32 Å². The van der Waals surface area contributed by atoms with Gasteiger partial charge < -0.3 is 5.32 Å². The average Bonchev–Trinajstić information content (AvgIpc) is 2.40. The number of rotatable bonds is 5. The van der Waals surface area contributed by atoms with Crippen molar-refractivity contribution >= 4 is 11.6 Å². The number of nitrogens with one attached hydrogen (secondary N) is 1. The molecule has 2 rings (SSSR count). The van der Waals surface area contributed by atoms with Crippen LogP contribution in [0.4, 0.5) is 4.39 Å². The molecule has 2 aromatic rings. The summed E-state index contributed by atoms with van der Waals surface area (Å²) in [7, 11) is 0. The maximum absolute atomic E-state index is 13.0. The molecular formula is C16H17ClFN. The second kappa shape index (κ2) is 6.69. The van der Waals surface area contributed by atoms with Crippen molar-refractivity contribution < 1.29 is 4.39 Å². The lowest BCUT2D eigenvalue weighted by molar-refractivity contribution is 0.628. The standard InChI is InChI=1S/C16H17ClFN/c1-2-9-19-11-12-3-5-13(6-4-12)15-8-7-14(18)10-16(15)17/h3-8,10,19H,2,9,11H2,1H3. The minimum Gasteiger partial charge on any atom is -0.313 e. The van der Waals surface area contributed by atoms with E-state index in [0.29, 0.717) is 5.02 Å². The Bertz CT molecular complexity index is 537. The highest BCUT2D eigenvalue weighted by Gasteiger charge is 2.04. The molecule has 0 amide bonds. The molecule has 19 heavy (non-hydrogen) atoms. The van der Waals surface area contributed by atoms with Gasteiger partial charge in [0, 0.05) is 12.1 Å². The topological polar surface area (TPSA) is 12.0 Å². The highest BCUT2D eigenvalue weighted by molar-refractivity contribution is 6.33. The largest absolute Gasteiger partial charge is 0.313 e. The Morgan fingerprint density at radius 2 is 1.84 bits per heavy atom. The van der Waals surface area contributed by atoms with Gasteiger partial charge in [-0.1, -0.05) is 42.8 Å². The Balaban J connectivity index is 2.13. The summed E-state index contributed by atoms with van der Waals surface area (Å²) in [4.78, 5) is 0. The van der Waals surface area contributed by atoms with Crippen molar-refractivity contribution in [2.45, 2.75) is 19.9 Å². The number of halogens is 2. The second-order valence-corrected chi connectivity index (χ2v) is 4.91. The average molecular weight is 278 g/mol. The van der Waals surface area contributed by atoms with E-state index in [4.69, 9.17) is 11.6 Å². The van der Waals surface area contributed by atoms with Crippen molar-refractivity contribution in [1.29, 1.82) is 0 Å². The van der Waals surface area contributed by atoms with Gasteiger partial charge in [0.25, 0.3) is 0 Å². The molecule has 0 aliphatic heterocycles. The fourth-order valence-corrected chi connectivity index (χ4v) is 2.21. The first-order valence-corrected chi connectivity index (χ1v) is 6.83. The van der Waals surface area contributed by atoms with Gasteiger partial charge in [-0.2, -0.15) is 0 Å². The summed E-state index contributed by atoms with van der Waals surface area (Å²) in [6.07, 6.45) is 1.13. The van der Waals surface area contributed by atoms with E-state index in [1.165, 1.54) is 17.7 Å². The summed E-state index contributed by atoms with van der Waals surface area (Å²) in [6.45, 7) is 4.03. The summed E-state index contributed by atoms with van der Waals surface area (Å²) < 4.78 is 13.0. The summed E-state index contributed by atoms with van der Waals surface area (Å²) in [5.41, 5.74) is 3.09. The van der Waals surface area contributed by atoms with Crippen LogP contribution in [0.15, 0.2) is 42.5 Å². The Hall–Kier alpha value is -1.38. The zero-order valence-corrected chi connectivity index (χ0v) is 11.7. The van der Waals surface area contributed by atoms with Gasteiger partial charge in [0.1, 0.15) is 5.82 Å². The Morgan fingerprint density at radius 3 is 2.47 bits per heavy atom. The molecule has 0 fully saturated rings. The van der Waals surface area contributed by atoms with E-state index in [1.807, 2.05) is 12.1 Å². The highest BCUT2D eigenvalue weighted by Crippen LogP contribution is 2.28. The molecule has 0 bridgehead atoms. The minimum absolute atomic E-state index is 0.311. The van der Waals surface area contributed by atoms with Crippen molar-refractivity contribution in [3.05, 3.63) is 58.9 Å². The highest BCUT2D eigenvalue weighted by atomic mass is 35.5. The first-order valence-electron chi connectivity index (χ1n) is 6.46. The van der Waals surface area contributed by atoms with E-state index < -0.39 is 0 Å². The Labute approximate surface area is 118 Å². The molecule has 0 unspecified atom stereocenters. The fraction of sp³-hybridized carbons (Fsp3) is 0.250. The van der Waals surface area contributed by atoms with Crippen LogP contribution in [0.3, 0.4) is 0 Å². The maximum Gasteiger partial charge on any atom is 0.124 e. The van der Waals surface area contributed by atoms with Crippen LogP contribution in [0.5, 0.6) is 0 Å². The summed E-state index contributed by atoms with van der Waals surface area (Å²) in [5, 5.41) is 3.80. The van der Waals surface area contributed by atoms with Gasteiger partial charge in [-0.25, -0.2) is 4.39 Å². The third-order valence-corrected chi connectivity index (χ3v) is 3.26. The fourth-order valence-electron chi connectivity index (χ4n) is 1.94. The first kappa shape index (κ1) is 14.0. The number of benzene rings is 2. The lowest BCUT2D eigenvalue weighted by atomic mass is 10.0. The molecule has 2 aromatic carbocycles. The zero-order chi connectivity index (χ0) is 13.7. The van der Waals surface area contributed by atoms with Crippen LogP contribution in [-0.2, 0) is 6.54 Å². The van der Waals surface area contributed by atoms with E-state index in [-0.39, 0.29) is 5.82 Å². The summed E-state index contributed by atoms with van der Waals surface area (Å²) in [6, 6.07) is 12.6. The third-order valence-electron chi connectivity index (χ3n) is 2.95. The van der Waals surface area contributed by atoms with Gasteiger partial charge in [0.05, 0.1) is 5.02 Å². The van der Waals surface area contributed by atoms with Crippen LogP contribution in [0, 0.1) is 5.82 Å².